The number of anilines is 1. The van der Waals surface area contributed by atoms with Gasteiger partial charge in [0, 0.05) is 29.7 Å². The molecular formula is C27H31ClN4O4. The number of carbonyl (C=O) groups excluding carboxylic acids is 2. The maximum atomic E-state index is 13.3. The molecule has 1 fully saturated rings. The molecule has 1 saturated carbocycles. The SMILES string of the molecule is Cc1c(Cl)cccc1NC(=O)Cn1c(=O)n(CCCCC(=O)NC2CCCC2)c(=O)c2ccccc21. The number of carbonyl (C=O) groups is 2. The van der Waals surface area contributed by atoms with Gasteiger partial charge in [0.2, 0.25) is 11.8 Å². The van der Waals surface area contributed by atoms with E-state index in [0.29, 0.717) is 40.9 Å². The van der Waals surface area contributed by atoms with Crippen LogP contribution in [0.25, 0.3) is 10.9 Å². The van der Waals surface area contributed by atoms with Crippen LogP contribution in [0, 0.1) is 6.92 Å². The Morgan fingerprint density at radius 3 is 2.50 bits per heavy atom. The Hall–Kier alpha value is -3.39. The molecule has 9 heteroatoms. The van der Waals surface area contributed by atoms with Crippen molar-refractivity contribution in [3.63, 3.8) is 0 Å². The first-order valence-corrected chi connectivity index (χ1v) is 12.8. The van der Waals surface area contributed by atoms with Crippen molar-refractivity contribution in [2.75, 3.05) is 5.32 Å². The summed E-state index contributed by atoms with van der Waals surface area (Å²) >= 11 is 6.15. The Morgan fingerprint density at radius 2 is 1.72 bits per heavy atom. The molecule has 4 rings (SSSR count). The number of rotatable bonds is 9. The lowest BCUT2D eigenvalue weighted by molar-refractivity contribution is -0.122. The number of hydrogen-bond donors (Lipinski definition) is 2. The number of unbranched alkanes of at least 4 members (excludes halogenated alkanes) is 1. The van der Waals surface area contributed by atoms with Crippen molar-refractivity contribution >= 4 is 40.0 Å². The van der Waals surface area contributed by atoms with Crippen LogP contribution in [-0.2, 0) is 22.7 Å². The second-order valence-corrected chi connectivity index (χ2v) is 9.72. The van der Waals surface area contributed by atoms with Gasteiger partial charge in [-0.05, 0) is 62.4 Å². The largest absolute Gasteiger partial charge is 0.353 e. The summed E-state index contributed by atoms with van der Waals surface area (Å²) in [6, 6.07) is 12.2. The molecule has 8 nitrogen and oxygen atoms in total. The second-order valence-electron chi connectivity index (χ2n) is 9.31. The summed E-state index contributed by atoms with van der Waals surface area (Å²) in [6.07, 6.45) is 5.78. The van der Waals surface area contributed by atoms with Crippen LogP contribution in [0.1, 0.15) is 50.5 Å². The number of fused-ring (bicyclic) bond motifs is 1. The standard InChI is InChI=1S/C27H31ClN4O4/c1-18-21(28)12-8-13-22(18)30-25(34)17-32-23-14-5-4-11-20(23)26(35)31(27(32)36)16-7-6-15-24(33)29-19-9-2-3-10-19/h4-5,8,11-14,19H,2-3,6-7,9-10,15-17H2,1H3,(H,29,33)(H,30,34). The fraction of sp³-hybridized carbons (Fsp3) is 0.407. The van der Waals surface area contributed by atoms with Gasteiger partial charge in [0.25, 0.3) is 5.56 Å². The van der Waals surface area contributed by atoms with Crippen LogP contribution < -0.4 is 21.9 Å². The van der Waals surface area contributed by atoms with Gasteiger partial charge in [-0.2, -0.15) is 0 Å². The third kappa shape index (κ3) is 5.87. The van der Waals surface area contributed by atoms with E-state index >= 15 is 0 Å². The molecule has 1 aliphatic carbocycles. The molecule has 2 amide bonds. The zero-order chi connectivity index (χ0) is 25.7. The number of halogens is 1. The van der Waals surface area contributed by atoms with Gasteiger partial charge < -0.3 is 10.6 Å². The van der Waals surface area contributed by atoms with Crippen LogP contribution in [-0.4, -0.2) is 27.0 Å². The summed E-state index contributed by atoms with van der Waals surface area (Å²) in [5.74, 6) is -0.389. The van der Waals surface area contributed by atoms with Crippen LogP contribution in [0.2, 0.25) is 5.02 Å². The van der Waals surface area contributed by atoms with Gasteiger partial charge in [-0.25, -0.2) is 4.79 Å². The maximum absolute atomic E-state index is 13.3. The number of aromatic nitrogens is 2. The van der Waals surface area contributed by atoms with Gasteiger partial charge in [0.05, 0.1) is 10.9 Å². The second kappa shape index (κ2) is 11.6. The van der Waals surface area contributed by atoms with Gasteiger partial charge >= 0.3 is 5.69 Å². The van der Waals surface area contributed by atoms with Gasteiger partial charge in [-0.3, -0.25) is 23.5 Å². The molecule has 190 valence electrons. The highest BCUT2D eigenvalue weighted by molar-refractivity contribution is 6.31. The number of para-hydroxylation sites is 1. The number of nitrogens with one attached hydrogen (secondary N) is 2. The molecule has 1 aliphatic rings. The molecule has 0 atom stereocenters. The topological polar surface area (TPSA) is 102 Å². The summed E-state index contributed by atoms with van der Waals surface area (Å²) in [7, 11) is 0. The van der Waals surface area contributed by atoms with Crippen LogP contribution in [0.3, 0.4) is 0 Å². The molecule has 1 aromatic heterocycles. The fourth-order valence-electron chi connectivity index (χ4n) is 4.72. The lowest BCUT2D eigenvalue weighted by atomic mass is 10.2. The first-order chi connectivity index (χ1) is 17.3. The van der Waals surface area contributed by atoms with E-state index in [0.717, 1.165) is 35.8 Å². The lowest BCUT2D eigenvalue weighted by Crippen LogP contribution is -2.41. The molecule has 0 saturated heterocycles. The van der Waals surface area contributed by atoms with Gasteiger partial charge in [-0.1, -0.05) is 42.6 Å². The quantitative estimate of drug-likeness (QED) is 0.425. The average molecular weight is 511 g/mol. The summed E-state index contributed by atoms with van der Waals surface area (Å²) in [6.45, 7) is 1.72. The molecule has 1 heterocycles. The smallest absolute Gasteiger partial charge is 0.331 e. The Bertz CT molecular complexity index is 1390. The van der Waals surface area contributed by atoms with Crippen molar-refractivity contribution < 1.29 is 9.59 Å². The highest BCUT2D eigenvalue weighted by atomic mass is 35.5. The lowest BCUT2D eigenvalue weighted by Gasteiger charge is -2.15. The number of benzene rings is 2. The fourth-order valence-corrected chi connectivity index (χ4v) is 4.90. The van der Waals surface area contributed by atoms with Crippen LogP contribution in [0.15, 0.2) is 52.1 Å². The van der Waals surface area contributed by atoms with Crippen molar-refractivity contribution in [3.8, 4) is 0 Å². The molecule has 0 spiro atoms. The Labute approximate surface area is 214 Å². The van der Waals surface area contributed by atoms with E-state index in [9.17, 15) is 19.2 Å². The van der Waals surface area contributed by atoms with Crippen molar-refractivity contribution in [3.05, 3.63) is 73.9 Å². The summed E-state index contributed by atoms with van der Waals surface area (Å²) in [5.41, 5.74) is 0.749. The summed E-state index contributed by atoms with van der Waals surface area (Å²) in [5, 5.41) is 6.75. The molecule has 0 bridgehead atoms. The molecule has 0 unspecified atom stereocenters. The van der Waals surface area contributed by atoms with Crippen LogP contribution in [0.5, 0.6) is 0 Å². The van der Waals surface area contributed by atoms with Crippen LogP contribution in [0.4, 0.5) is 5.69 Å². The highest BCUT2D eigenvalue weighted by Crippen LogP contribution is 2.23. The zero-order valence-corrected chi connectivity index (χ0v) is 21.1. The van der Waals surface area contributed by atoms with Crippen LogP contribution >= 0.6 is 11.6 Å². The van der Waals surface area contributed by atoms with Gasteiger partial charge in [0.15, 0.2) is 0 Å². The van der Waals surface area contributed by atoms with Gasteiger partial charge in [-0.15, -0.1) is 0 Å². The average Bonchev–Trinajstić information content (AvgIpc) is 3.37. The number of hydrogen-bond acceptors (Lipinski definition) is 4. The first-order valence-electron chi connectivity index (χ1n) is 12.4. The highest BCUT2D eigenvalue weighted by Gasteiger charge is 2.18. The normalized spacial score (nSPS) is 13.7. The monoisotopic (exact) mass is 510 g/mol. The predicted molar refractivity (Wildman–Crippen MR) is 142 cm³/mol. The van der Waals surface area contributed by atoms with E-state index in [-0.39, 0.29) is 25.0 Å². The Balaban J connectivity index is 1.49. The Morgan fingerprint density at radius 1 is 0.972 bits per heavy atom. The third-order valence-electron chi connectivity index (χ3n) is 6.73. The third-order valence-corrected chi connectivity index (χ3v) is 7.14. The summed E-state index contributed by atoms with van der Waals surface area (Å²) in [4.78, 5) is 51.5. The van der Waals surface area contributed by atoms with E-state index in [2.05, 4.69) is 10.6 Å². The van der Waals surface area contributed by atoms with Crippen molar-refractivity contribution in [2.24, 2.45) is 0 Å². The Kier molecular flexibility index (Phi) is 8.25. The molecule has 0 aliphatic heterocycles. The van der Waals surface area contributed by atoms with E-state index < -0.39 is 17.2 Å². The van der Waals surface area contributed by atoms with Crippen molar-refractivity contribution in [2.45, 2.75) is 71.0 Å². The van der Waals surface area contributed by atoms with E-state index in [1.54, 1.807) is 49.4 Å². The predicted octanol–water partition coefficient (Wildman–Crippen LogP) is 3.99. The minimum atomic E-state index is -0.549. The summed E-state index contributed by atoms with van der Waals surface area (Å²) < 4.78 is 2.48. The van der Waals surface area contributed by atoms with E-state index in [1.165, 1.54) is 4.57 Å². The first kappa shape index (κ1) is 25.7. The van der Waals surface area contributed by atoms with Gasteiger partial charge in [0.1, 0.15) is 6.54 Å². The molecule has 0 radical (unpaired) electrons. The van der Waals surface area contributed by atoms with Crippen molar-refractivity contribution in [1.29, 1.82) is 0 Å². The van der Waals surface area contributed by atoms with Crippen molar-refractivity contribution in [1.82, 2.24) is 14.5 Å². The van der Waals surface area contributed by atoms with E-state index in [1.807, 2.05) is 0 Å². The zero-order valence-electron chi connectivity index (χ0n) is 20.4. The minimum absolute atomic E-state index is 0.0122. The molecule has 2 N–H and O–H groups in total. The molecular weight excluding hydrogens is 480 g/mol. The van der Waals surface area contributed by atoms with E-state index in [4.69, 9.17) is 11.6 Å². The maximum Gasteiger partial charge on any atom is 0.331 e. The molecule has 2 aromatic carbocycles. The number of amides is 2. The minimum Gasteiger partial charge on any atom is -0.353 e. The molecule has 3 aromatic rings. The molecule has 36 heavy (non-hydrogen) atoms. The number of nitrogens with zero attached hydrogens (tertiary/aromatic N) is 2.